The van der Waals surface area contributed by atoms with Gasteiger partial charge in [0.05, 0.1) is 27.2 Å². The predicted molar refractivity (Wildman–Crippen MR) is 97.2 cm³/mol. The summed E-state index contributed by atoms with van der Waals surface area (Å²) >= 11 is 0. The van der Waals surface area contributed by atoms with E-state index < -0.39 is 0 Å². The lowest BCUT2D eigenvalue weighted by Gasteiger charge is -2.29. The van der Waals surface area contributed by atoms with E-state index in [1.165, 1.54) is 0 Å². The minimum Gasteiger partial charge on any atom is -0.497 e. The topological polar surface area (TPSA) is 57.2 Å². The van der Waals surface area contributed by atoms with Crippen LogP contribution in [0.2, 0.25) is 0 Å². The average molecular weight is 357 g/mol. The molecule has 1 aliphatic heterocycles. The van der Waals surface area contributed by atoms with Gasteiger partial charge in [-0.2, -0.15) is 0 Å². The van der Waals surface area contributed by atoms with E-state index in [4.69, 9.17) is 18.9 Å². The number of likely N-dealkylation sites (N-methyl/N-ethyl adjacent to an activating group) is 1. The van der Waals surface area contributed by atoms with Crippen molar-refractivity contribution >= 4 is 5.91 Å². The van der Waals surface area contributed by atoms with Crippen molar-refractivity contribution in [3.05, 3.63) is 48.0 Å². The van der Waals surface area contributed by atoms with Gasteiger partial charge in [-0.15, -0.1) is 0 Å². The SMILES string of the molecule is COc1ccc(CC(=O)N(C)CC2COc3ccccc3O2)c(OC)c1. The third-order valence-electron chi connectivity index (χ3n) is 4.31. The van der Waals surface area contributed by atoms with Crippen molar-refractivity contribution in [2.75, 3.05) is 34.4 Å². The van der Waals surface area contributed by atoms with E-state index in [0.717, 1.165) is 11.3 Å². The molecule has 0 spiro atoms. The third-order valence-corrected chi connectivity index (χ3v) is 4.31. The van der Waals surface area contributed by atoms with Gasteiger partial charge in [-0.25, -0.2) is 0 Å². The quantitative estimate of drug-likeness (QED) is 0.795. The average Bonchev–Trinajstić information content (AvgIpc) is 2.68. The zero-order valence-corrected chi connectivity index (χ0v) is 15.2. The summed E-state index contributed by atoms with van der Waals surface area (Å²) in [6.45, 7) is 0.867. The Morgan fingerprint density at radius 3 is 2.65 bits per heavy atom. The molecule has 0 fully saturated rings. The highest BCUT2D eigenvalue weighted by atomic mass is 16.6. The Labute approximate surface area is 153 Å². The van der Waals surface area contributed by atoms with Crippen LogP contribution in [-0.4, -0.2) is 51.3 Å². The number of fused-ring (bicyclic) bond motifs is 1. The molecule has 0 saturated heterocycles. The number of carbonyl (C=O) groups excluding carboxylic acids is 1. The van der Waals surface area contributed by atoms with E-state index in [-0.39, 0.29) is 18.4 Å². The Morgan fingerprint density at radius 2 is 1.92 bits per heavy atom. The fourth-order valence-corrected chi connectivity index (χ4v) is 2.86. The molecule has 0 N–H and O–H groups in total. The van der Waals surface area contributed by atoms with Crippen LogP contribution in [0.1, 0.15) is 5.56 Å². The van der Waals surface area contributed by atoms with Gasteiger partial charge in [0.1, 0.15) is 18.1 Å². The fourth-order valence-electron chi connectivity index (χ4n) is 2.86. The number of ether oxygens (including phenoxy) is 4. The van der Waals surface area contributed by atoms with E-state index in [1.807, 2.05) is 36.4 Å². The van der Waals surface area contributed by atoms with Crippen molar-refractivity contribution in [1.29, 1.82) is 0 Å². The Kier molecular flexibility index (Phi) is 5.51. The van der Waals surface area contributed by atoms with Gasteiger partial charge in [0.15, 0.2) is 17.6 Å². The number of hydrogen-bond acceptors (Lipinski definition) is 5. The van der Waals surface area contributed by atoms with E-state index in [1.54, 1.807) is 32.2 Å². The minimum atomic E-state index is -0.198. The van der Waals surface area contributed by atoms with E-state index in [2.05, 4.69) is 0 Å². The number of para-hydroxylation sites is 2. The van der Waals surface area contributed by atoms with Crippen LogP contribution in [0.3, 0.4) is 0 Å². The molecule has 138 valence electrons. The van der Waals surface area contributed by atoms with Gasteiger partial charge in [0, 0.05) is 18.7 Å². The van der Waals surface area contributed by atoms with Gasteiger partial charge in [-0.05, 0) is 18.2 Å². The molecule has 2 aromatic carbocycles. The molecule has 2 aromatic rings. The molecule has 0 aliphatic carbocycles. The highest BCUT2D eigenvalue weighted by molar-refractivity contribution is 5.79. The Balaban J connectivity index is 1.60. The summed E-state index contributed by atoms with van der Waals surface area (Å²) in [5.41, 5.74) is 0.816. The Morgan fingerprint density at radius 1 is 1.15 bits per heavy atom. The summed E-state index contributed by atoms with van der Waals surface area (Å²) in [7, 11) is 4.94. The Bertz CT molecular complexity index is 777. The van der Waals surface area contributed by atoms with Crippen molar-refractivity contribution < 1.29 is 23.7 Å². The number of methoxy groups -OCH3 is 2. The van der Waals surface area contributed by atoms with Crippen molar-refractivity contribution in [2.45, 2.75) is 12.5 Å². The zero-order chi connectivity index (χ0) is 18.5. The second kappa shape index (κ2) is 7.99. The zero-order valence-electron chi connectivity index (χ0n) is 15.2. The molecule has 26 heavy (non-hydrogen) atoms. The van der Waals surface area contributed by atoms with Crippen molar-refractivity contribution in [3.63, 3.8) is 0 Å². The monoisotopic (exact) mass is 357 g/mol. The summed E-state index contributed by atoms with van der Waals surface area (Å²) in [6, 6.07) is 13.0. The Hall–Kier alpha value is -2.89. The summed E-state index contributed by atoms with van der Waals surface area (Å²) < 4.78 is 22.2. The maximum absolute atomic E-state index is 12.6. The number of hydrogen-bond donors (Lipinski definition) is 0. The number of carbonyl (C=O) groups is 1. The van der Waals surface area contributed by atoms with Crippen LogP contribution in [-0.2, 0) is 11.2 Å². The van der Waals surface area contributed by atoms with Crippen LogP contribution in [0.5, 0.6) is 23.0 Å². The number of nitrogens with zero attached hydrogens (tertiary/aromatic N) is 1. The first-order valence-electron chi connectivity index (χ1n) is 8.44. The molecule has 1 aliphatic rings. The van der Waals surface area contributed by atoms with Crippen LogP contribution in [0.15, 0.2) is 42.5 Å². The highest BCUT2D eigenvalue weighted by Gasteiger charge is 2.24. The maximum Gasteiger partial charge on any atom is 0.227 e. The summed E-state index contributed by atoms with van der Waals surface area (Å²) in [5, 5.41) is 0. The highest BCUT2D eigenvalue weighted by Crippen LogP contribution is 2.31. The largest absolute Gasteiger partial charge is 0.497 e. The summed E-state index contributed by atoms with van der Waals surface area (Å²) in [4.78, 5) is 14.3. The van der Waals surface area contributed by atoms with Gasteiger partial charge < -0.3 is 23.8 Å². The number of benzene rings is 2. The van der Waals surface area contributed by atoms with Gasteiger partial charge >= 0.3 is 0 Å². The molecule has 1 heterocycles. The molecule has 0 bridgehead atoms. The molecular formula is C20H23NO5. The van der Waals surface area contributed by atoms with Gasteiger partial charge in [-0.3, -0.25) is 4.79 Å². The standard InChI is InChI=1S/C20H23NO5/c1-21(12-16-13-25-17-6-4-5-7-18(17)26-16)20(22)10-14-8-9-15(23-2)11-19(14)24-3/h4-9,11,16H,10,12-13H2,1-3H3. The van der Waals surface area contributed by atoms with Gasteiger partial charge in [-0.1, -0.05) is 18.2 Å². The van der Waals surface area contributed by atoms with Crippen LogP contribution < -0.4 is 18.9 Å². The number of amides is 1. The van der Waals surface area contributed by atoms with E-state index in [9.17, 15) is 4.79 Å². The lowest BCUT2D eigenvalue weighted by molar-refractivity contribution is -0.130. The smallest absolute Gasteiger partial charge is 0.227 e. The summed E-state index contributed by atoms with van der Waals surface area (Å²) in [6.07, 6.45) is 0.0463. The lowest BCUT2D eigenvalue weighted by atomic mass is 10.1. The second-order valence-corrected chi connectivity index (χ2v) is 6.13. The molecule has 0 radical (unpaired) electrons. The molecule has 0 saturated carbocycles. The van der Waals surface area contributed by atoms with Gasteiger partial charge in [0.25, 0.3) is 0 Å². The molecule has 3 rings (SSSR count). The number of rotatable bonds is 6. The predicted octanol–water partition coefficient (Wildman–Crippen LogP) is 2.54. The van der Waals surface area contributed by atoms with E-state index in [0.29, 0.717) is 30.4 Å². The molecule has 1 amide bonds. The second-order valence-electron chi connectivity index (χ2n) is 6.13. The molecule has 0 aromatic heterocycles. The lowest BCUT2D eigenvalue weighted by Crippen LogP contribution is -2.42. The minimum absolute atomic E-state index is 0.0177. The molecule has 1 unspecified atom stereocenters. The third kappa shape index (κ3) is 4.02. The molecule has 6 nitrogen and oxygen atoms in total. The van der Waals surface area contributed by atoms with Crippen LogP contribution in [0, 0.1) is 0 Å². The summed E-state index contributed by atoms with van der Waals surface area (Å²) in [5.74, 6) is 2.76. The first-order chi connectivity index (χ1) is 12.6. The maximum atomic E-state index is 12.6. The van der Waals surface area contributed by atoms with Crippen LogP contribution in [0.4, 0.5) is 0 Å². The molecule has 1 atom stereocenters. The molecule has 6 heteroatoms. The normalized spacial score (nSPS) is 15.3. The van der Waals surface area contributed by atoms with E-state index >= 15 is 0 Å². The van der Waals surface area contributed by atoms with Crippen molar-refractivity contribution in [3.8, 4) is 23.0 Å². The van der Waals surface area contributed by atoms with Crippen LogP contribution in [0.25, 0.3) is 0 Å². The molecular weight excluding hydrogens is 334 g/mol. The first kappa shape index (κ1) is 17.9. The van der Waals surface area contributed by atoms with Gasteiger partial charge in [0.2, 0.25) is 5.91 Å². The van der Waals surface area contributed by atoms with Crippen molar-refractivity contribution in [1.82, 2.24) is 4.90 Å². The van der Waals surface area contributed by atoms with Crippen molar-refractivity contribution in [2.24, 2.45) is 0 Å². The fraction of sp³-hybridized carbons (Fsp3) is 0.350. The van der Waals surface area contributed by atoms with Crippen LogP contribution >= 0.6 is 0 Å². The first-order valence-corrected chi connectivity index (χ1v) is 8.44.